The third-order valence-corrected chi connectivity index (χ3v) is 2.82. The summed E-state index contributed by atoms with van der Waals surface area (Å²) in [4.78, 5) is 15.8. The first-order chi connectivity index (χ1) is 8.00. The van der Waals surface area contributed by atoms with E-state index in [2.05, 4.69) is 31.1 Å². The lowest BCUT2D eigenvalue weighted by molar-refractivity contribution is 0.519. The summed E-state index contributed by atoms with van der Waals surface area (Å²) in [6.07, 6.45) is 6.78. The summed E-state index contributed by atoms with van der Waals surface area (Å²) < 4.78 is 1.54. The lowest BCUT2D eigenvalue weighted by Crippen LogP contribution is -2.26. The highest BCUT2D eigenvalue weighted by Gasteiger charge is 2.07. The Balaban J connectivity index is 2.48. The van der Waals surface area contributed by atoms with Gasteiger partial charge < -0.3 is 9.88 Å². The van der Waals surface area contributed by atoms with Crippen molar-refractivity contribution in [3.05, 3.63) is 22.7 Å². The molecule has 0 radical (unpaired) electrons. The Hall–Kier alpha value is -1.32. The summed E-state index contributed by atoms with van der Waals surface area (Å²) >= 11 is 0. The fourth-order valence-electron chi connectivity index (χ4n) is 1.73. The largest absolute Gasteiger partial charge is 0.363 e. The van der Waals surface area contributed by atoms with Gasteiger partial charge in [-0.2, -0.15) is 0 Å². The number of anilines is 1. The van der Waals surface area contributed by atoms with Crippen LogP contribution < -0.4 is 10.9 Å². The van der Waals surface area contributed by atoms with Crippen molar-refractivity contribution >= 4 is 5.82 Å². The molecule has 0 saturated carbocycles. The van der Waals surface area contributed by atoms with Crippen molar-refractivity contribution < 1.29 is 0 Å². The van der Waals surface area contributed by atoms with Gasteiger partial charge in [0.05, 0.1) is 0 Å². The third kappa shape index (κ3) is 4.59. The van der Waals surface area contributed by atoms with E-state index in [1.807, 2.05) is 0 Å². The molecule has 0 aromatic carbocycles. The Bertz CT molecular complexity index is 398. The molecule has 1 N–H and O–H groups in total. The van der Waals surface area contributed by atoms with E-state index in [9.17, 15) is 4.79 Å². The summed E-state index contributed by atoms with van der Waals surface area (Å²) in [6.45, 7) is 6.55. The minimum absolute atomic E-state index is 0.0665. The summed E-state index contributed by atoms with van der Waals surface area (Å²) in [5.41, 5.74) is -0.0665. The number of nitrogens with zero attached hydrogens (tertiary/aromatic N) is 2. The van der Waals surface area contributed by atoms with Gasteiger partial charge in [-0.1, -0.05) is 26.7 Å². The first kappa shape index (κ1) is 13.7. The topological polar surface area (TPSA) is 46.9 Å². The van der Waals surface area contributed by atoms with Crippen molar-refractivity contribution in [1.82, 2.24) is 9.55 Å². The molecule has 17 heavy (non-hydrogen) atoms. The Morgan fingerprint density at radius 1 is 1.35 bits per heavy atom. The predicted molar refractivity (Wildman–Crippen MR) is 71.3 cm³/mol. The van der Waals surface area contributed by atoms with E-state index in [-0.39, 0.29) is 11.6 Å². The van der Waals surface area contributed by atoms with Crippen LogP contribution >= 0.6 is 0 Å². The van der Waals surface area contributed by atoms with Crippen LogP contribution in [0.3, 0.4) is 0 Å². The maximum atomic E-state index is 11.7. The van der Waals surface area contributed by atoms with Crippen LogP contribution in [0.2, 0.25) is 0 Å². The zero-order valence-corrected chi connectivity index (χ0v) is 11.2. The van der Waals surface area contributed by atoms with Crippen LogP contribution in [0.1, 0.15) is 40.0 Å². The van der Waals surface area contributed by atoms with Crippen LogP contribution in [-0.2, 0) is 7.05 Å². The average Bonchev–Trinajstić information content (AvgIpc) is 2.24. The van der Waals surface area contributed by atoms with Crippen molar-refractivity contribution in [1.29, 1.82) is 0 Å². The lowest BCUT2D eigenvalue weighted by Gasteiger charge is -2.14. The summed E-state index contributed by atoms with van der Waals surface area (Å²) in [6, 6.07) is 0.288. The van der Waals surface area contributed by atoms with E-state index in [4.69, 9.17) is 0 Å². The summed E-state index contributed by atoms with van der Waals surface area (Å²) in [7, 11) is 1.73. The molecule has 0 saturated heterocycles. The molecular formula is C13H23N3O. The van der Waals surface area contributed by atoms with Crippen LogP contribution in [0.15, 0.2) is 17.2 Å². The summed E-state index contributed by atoms with van der Waals surface area (Å²) in [5, 5.41) is 3.18. The Morgan fingerprint density at radius 3 is 2.71 bits per heavy atom. The molecule has 4 heteroatoms. The van der Waals surface area contributed by atoms with Crippen molar-refractivity contribution in [2.45, 2.75) is 46.1 Å². The molecule has 0 spiro atoms. The van der Waals surface area contributed by atoms with Gasteiger partial charge in [-0.3, -0.25) is 4.79 Å². The van der Waals surface area contributed by atoms with E-state index in [0.717, 1.165) is 12.3 Å². The number of aryl methyl sites for hydroxylation is 1. The van der Waals surface area contributed by atoms with Gasteiger partial charge in [-0.15, -0.1) is 0 Å². The van der Waals surface area contributed by atoms with Crippen molar-refractivity contribution in [3.8, 4) is 0 Å². The predicted octanol–water partition coefficient (Wildman–Crippen LogP) is 2.41. The molecule has 0 fully saturated rings. The van der Waals surface area contributed by atoms with Crippen LogP contribution in [0.25, 0.3) is 0 Å². The highest BCUT2D eigenvalue weighted by Crippen LogP contribution is 2.10. The van der Waals surface area contributed by atoms with Crippen molar-refractivity contribution in [3.63, 3.8) is 0 Å². The van der Waals surface area contributed by atoms with Gasteiger partial charge in [0.2, 0.25) is 0 Å². The first-order valence-corrected chi connectivity index (χ1v) is 6.29. The molecule has 1 rings (SSSR count). The van der Waals surface area contributed by atoms with Gasteiger partial charge in [0, 0.05) is 25.5 Å². The molecule has 96 valence electrons. The molecule has 0 bridgehead atoms. The molecule has 0 amide bonds. The molecule has 1 aromatic heterocycles. The van der Waals surface area contributed by atoms with E-state index in [1.165, 1.54) is 17.4 Å². The van der Waals surface area contributed by atoms with Gasteiger partial charge >= 0.3 is 0 Å². The molecule has 1 heterocycles. The molecule has 1 unspecified atom stereocenters. The van der Waals surface area contributed by atoms with Crippen molar-refractivity contribution in [2.75, 3.05) is 5.32 Å². The fourth-order valence-corrected chi connectivity index (χ4v) is 1.73. The second kappa shape index (κ2) is 6.42. The van der Waals surface area contributed by atoms with Gasteiger partial charge in [-0.05, 0) is 19.3 Å². The maximum absolute atomic E-state index is 11.7. The maximum Gasteiger partial charge on any atom is 0.293 e. The minimum atomic E-state index is -0.0665. The highest BCUT2D eigenvalue weighted by atomic mass is 16.1. The Labute approximate surface area is 103 Å². The van der Waals surface area contributed by atoms with Crippen molar-refractivity contribution in [2.24, 2.45) is 13.0 Å². The standard InChI is InChI=1S/C13H23N3O/c1-10(2)6-5-7-11(3)15-12-13(17)16(4)9-8-14-12/h8-11H,5-7H2,1-4H3,(H,14,15). The zero-order chi connectivity index (χ0) is 12.8. The monoisotopic (exact) mass is 237 g/mol. The number of nitrogens with one attached hydrogen (secondary N) is 1. The van der Waals surface area contributed by atoms with Gasteiger partial charge in [0.25, 0.3) is 5.56 Å². The SMILES string of the molecule is CC(C)CCCC(C)Nc1nccn(C)c1=O. The fraction of sp³-hybridized carbons (Fsp3) is 0.692. The quantitative estimate of drug-likeness (QED) is 0.826. The van der Waals surface area contributed by atoms with Crippen LogP contribution in [0.5, 0.6) is 0 Å². The molecule has 0 aliphatic heterocycles. The first-order valence-electron chi connectivity index (χ1n) is 6.29. The second-order valence-electron chi connectivity index (χ2n) is 5.06. The lowest BCUT2D eigenvalue weighted by atomic mass is 10.0. The van der Waals surface area contributed by atoms with Crippen LogP contribution in [-0.4, -0.2) is 15.6 Å². The average molecular weight is 237 g/mol. The molecule has 4 nitrogen and oxygen atoms in total. The Morgan fingerprint density at radius 2 is 2.06 bits per heavy atom. The van der Waals surface area contributed by atoms with Crippen LogP contribution in [0, 0.1) is 5.92 Å². The summed E-state index contributed by atoms with van der Waals surface area (Å²) in [5.74, 6) is 1.19. The molecule has 1 aromatic rings. The van der Waals surface area contributed by atoms with E-state index >= 15 is 0 Å². The number of hydrogen-bond acceptors (Lipinski definition) is 3. The van der Waals surface area contributed by atoms with Gasteiger partial charge in [-0.25, -0.2) is 4.98 Å². The number of aromatic nitrogens is 2. The Kier molecular flexibility index (Phi) is 5.19. The number of rotatable bonds is 6. The zero-order valence-electron chi connectivity index (χ0n) is 11.2. The van der Waals surface area contributed by atoms with E-state index < -0.39 is 0 Å². The molecule has 1 atom stereocenters. The smallest absolute Gasteiger partial charge is 0.293 e. The molecule has 0 aliphatic rings. The highest BCUT2D eigenvalue weighted by molar-refractivity contribution is 5.31. The van der Waals surface area contributed by atoms with Gasteiger partial charge in [0.1, 0.15) is 0 Å². The van der Waals surface area contributed by atoms with Gasteiger partial charge in [0.15, 0.2) is 5.82 Å². The number of hydrogen-bond donors (Lipinski definition) is 1. The molecular weight excluding hydrogens is 214 g/mol. The van der Waals surface area contributed by atoms with Crippen LogP contribution in [0.4, 0.5) is 5.82 Å². The molecule has 0 aliphatic carbocycles. The minimum Gasteiger partial charge on any atom is -0.363 e. The van der Waals surface area contributed by atoms with E-state index in [1.54, 1.807) is 19.4 Å². The van der Waals surface area contributed by atoms with E-state index in [0.29, 0.717) is 5.82 Å². The third-order valence-electron chi connectivity index (χ3n) is 2.82. The normalized spacial score (nSPS) is 12.8. The second-order valence-corrected chi connectivity index (χ2v) is 5.06.